The summed E-state index contributed by atoms with van der Waals surface area (Å²) in [6.45, 7) is 7.68. The maximum absolute atomic E-state index is 5.67. The standard InChI is InChI=1S/C14H23NO3/c1-4-15-11-12-6-7-13(16-3)14(10-12)18-9-8-17-5-2/h6-7,10,15H,4-5,8-9,11H2,1-3H3. The maximum atomic E-state index is 5.67. The van der Waals surface area contributed by atoms with Crippen molar-refractivity contribution in [2.75, 3.05) is 33.5 Å². The lowest BCUT2D eigenvalue weighted by Gasteiger charge is -2.12. The van der Waals surface area contributed by atoms with E-state index in [1.807, 2.05) is 25.1 Å². The molecule has 4 heteroatoms. The molecule has 1 N–H and O–H groups in total. The topological polar surface area (TPSA) is 39.7 Å². The first-order chi connectivity index (χ1) is 8.81. The fraction of sp³-hybridized carbons (Fsp3) is 0.571. The molecule has 0 amide bonds. The van der Waals surface area contributed by atoms with E-state index in [9.17, 15) is 0 Å². The molecule has 0 spiro atoms. The Balaban J connectivity index is 2.60. The largest absolute Gasteiger partial charge is 0.493 e. The number of rotatable bonds is 9. The van der Waals surface area contributed by atoms with Gasteiger partial charge in [0.05, 0.1) is 13.7 Å². The van der Waals surface area contributed by atoms with Crippen LogP contribution in [0.1, 0.15) is 19.4 Å². The van der Waals surface area contributed by atoms with E-state index in [-0.39, 0.29) is 0 Å². The van der Waals surface area contributed by atoms with E-state index in [1.165, 1.54) is 5.56 Å². The van der Waals surface area contributed by atoms with Crippen molar-refractivity contribution >= 4 is 0 Å². The van der Waals surface area contributed by atoms with Gasteiger partial charge in [-0.3, -0.25) is 0 Å². The Bertz CT molecular complexity index is 342. The molecule has 0 bridgehead atoms. The monoisotopic (exact) mass is 253 g/mol. The molecule has 0 saturated carbocycles. The number of benzene rings is 1. The van der Waals surface area contributed by atoms with Crippen LogP contribution in [0.15, 0.2) is 18.2 Å². The molecule has 0 aliphatic rings. The van der Waals surface area contributed by atoms with Crippen molar-refractivity contribution in [1.29, 1.82) is 0 Å². The highest BCUT2D eigenvalue weighted by molar-refractivity contribution is 5.42. The van der Waals surface area contributed by atoms with Crippen LogP contribution >= 0.6 is 0 Å². The molecule has 0 aromatic heterocycles. The third-order valence-corrected chi connectivity index (χ3v) is 2.50. The fourth-order valence-electron chi connectivity index (χ4n) is 1.57. The first-order valence-corrected chi connectivity index (χ1v) is 6.40. The van der Waals surface area contributed by atoms with Crippen molar-refractivity contribution < 1.29 is 14.2 Å². The van der Waals surface area contributed by atoms with Gasteiger partial charge in [0.1, 0.15) is 6.61 Å². The SMILES string of the molecule is CCNCc1ccc(OC)c(OCCOCC)c1. The quantitative estimate of drug-likeness (QED) is 0.685. The predicted molar refractivity (Wildman–Crippen MR) is 72.4 cm³/mol. The van der Waals surface area contributed by atoms with Crippen LogP contribution in [0.3, 0.4) is 0 Å². The summed E-state index contributed by atoms with van der Waals surface area (Å²) in [5.41, 5.74) is 1.18. The molecule has 0 aliphatic carbocycles. The van der Waals surface area contributed by atoms with E-state index in [2.05, 4.69) is 12.2 Å². The Morgan fingerprint density at radius 2 is 1.94 bits per heavy atom. The third-order valence-electron chi connectivity index (χ3n) is 2.50. The van der Waals surface area contributed by atoms with E-state index < -0.39 is 0 Å². The van der Waals surface area contributed by atoms with Gasteiger partial charge in [0, 0.05) is 13.2 Å². The van der Waals surface area contributed by atoms with Crippen molar-refractivity contribution in [3.63, 3.8) is 0 Å². The number of methoxy groups -OCH3 is 1. The van der Waals surface area contributed by atoms with E-state index in [1.54, 1.807) is 7.11 Å². The lowest BCUT2D eigenvalue weighted by Crippen LogP contribution is -2.12. The molecule has 4 nitrogen and oxygen atoms in total. The molecule has 0 aliphatic heterocycles. The van der Waals surface area contributed by atoms with Crippen molar-refractivity contribution in [1.82, 2.24) is 5.32 Å². The minimum atomic E-state index is 0.537. The number of hydrogen-bond donors (Lipinski definition) is 1. The van der Waals surface area contributed by atoms with Gasteiger partial charge in [0.15, 0.2) is 11.5 Å². The Kier molecular flexibility index (Phi) is 7.22. The highest BCUT2D eigenvalue weighted by Crippen LogP contribution is 2.27. The van der Waals surface area contributed by atoms with Crippen LogP contribution in [0, 0.1) is 0 Å². The summed E-state index contributed by atoms with van der Waals surface area (Å²) in [7, 11) is 1.65. The molecular weight excluding hydrogens is 230 g/mol. The third kappa shape index (κ3) is 4.94. The molecule has 1 aromatic rings. The Morgan fingerprint density at radius 1 is 1.11 bits per heavy atom. The molecule has 0 unspecified atom stereocenters. The Labute approximate surface area is 109 Å². The Morgan fingerprint density at radius 3 is 2.61 bits per heavy atom. The van der Waals surface area contributed by atoms with Gasteiger partial charge in [0.25, 0.3) is 0 Å². The number of hydrogen-bond acceptors (Lipinski definition) is 4. The summed E-state index contributed by atoms with van der Waals surface area (Å²) in [6, 6.07) is 5.98. The first kappa shape index (κ1) is 14.8. The lowest BCUT2D eigenvalue weighted by atomic mass is 10.2. The molecule has 0 heterocycles. The molecular formula is C14H23NO3. The summed E-state index contributed by atoms with van der Waals surface area (Å²) in [5, 5.41) is 3.28. The molecule has 102 valence electrons. The summed E-state index contributed by atoms with van der Waals surface area (Å²) >= 11 is 0. The van der Waals surface area contributed by atoms with Gasteiger partial charge in [-0.2, -0.15) is 0 Å². The van der Waals surface area contributed by atoms with Gasteiger partial charge in [-0.15, -0.1) is 0 Å². The molecule has 18 heavy (non-hydrogen) atoms. The lowest BCUT2D eigenvalue weighted by molar-refractivity contribution is 0.109. The molecule has 1 rings (SSSR count). The molecule has 0 fully saturated rings. The highest BCUT2D eigenvalue weighted by Gasteiger charge is 2.05. The van der Waals surface area contributed by atoms with Gasteiger partial charge in [-0.05, 0) is 31.2 Å². The zero-order chi connectivity index (χ0) is 13.2. The fourth-order valence-corrected chi connectivity index (χ4v) is 1.57. The van der Waals surface area contributed by atoms with Crippen molar-refractivity contribution in [3.8, 4) is 11.5 Å². The smallest absolute Gasteiger partial charge is 0.161 e. The first-order valence-electron chi connectivity index (χ1n) is 6.40. The van der Waals surface area contributed by atoms with Crippen LogP contribution in [0.2, 0.25) is 0 Å². The zero-order valence-corrected chi connectivity index (χ0v) is 11.5. The van der Waals surface area contributed by atoms with Gasteiger partial charge < -0.3 is 19.5 Å². The molecule has 0 radical (unpaired) electrons. The maximum Gasteiger partial charge on any atom is 0.161 e. The minimum absolute atomic E-state index is 0.537. The predicted octanol–water partition coefficient (Wildman–Crippen LogP) is 2.22. The molecule has 0 saturated heterocycles. The summed E-state index contributed by atoms with van der Waals surface area (Å²) in [6.07, 6.45) is 0. The van der Waals surface area contributed by atoms with Crippen LogP contribution in [0.5, 0.6) is 11.5 Å². The second-order valence-corrected chi connectivity index (χ2v) is 3.81. The van der Waals surface area contributed by atoms with Crippen LogP contribution in [0.25, 0.3) is 0 Å². The second-order valence-electron chi connectivity index (χ2n) is 3.81. The van der Waals surface area contributed by atoms with Crippen LogP contribution in [-0.2, 0) is 11.3 Å². The minimum Gasteiger partial charge on any atom is -0.493 e. The van der Waals surface area contributed by atoms with Gasteiger partial charge in [-0.25, -0.2) is 0 Å². The molecule has 0 atom stereocenters. The summed E-state index contributed by atoms with van der Waals surface area (Å²) in [5.74, 6) is 1.53. The average molecular weight is 253 g/mol. The second kappa shape index (κ2) is 8.78. The van der Waals surface area contributed by atoms with Gasteiger partial charge in [-0.1, -0.05) is 13.0 Å². The summed E-state index contributed by atoms with van der Waals surface area (Å²) in [4.78, 5) is 0. The summed E-state index contributed by atoms with van der Waals surface area (Å²) < 4.78 is 16.2. The van der Waals surface area contributed by atoms with E-state index in [0.29, 0.717) is 19.8 Å². The Hall–Kier alpha value is -1.26. The van der Waals surface area contributed by atoms with Crippen LogP contribution in [-0.4, -0.2) is 33.5 Å². The van der Waals surface area contributed by atoms with Gasteiger partial charge in [0.2, 0.25) is 0 Å². The molecule has 1 aromatic carbocycles. The van der Waals surface area contributed by atoms with Crippen LogP contribution < -0.4 is 14.8 Å². The van der Waals surface area contributed by atoms with E-state index in [0.717, 1.165) is 24.6 Å². The number of nitrogens with one attached hydrogen (secondary N) is 1. The van der Waals surface area contributed by atoms with Gasteiger partial charge >= 0.3 is 0 Å². The average Bonchev–Trinajstić information content (AvgIpc) is 2.41. The number of ether oxygens (including phenoxy) is 3. The highest BCUT2D eigenvalue weighted by atomic mass is 16.5. The van der Waals surface area contributed by atoms with E-state index in [4.69, 9.17) is 14.2 Å². The van der Waals surface area contributed by atoms with Crippen molar-refractivity contribution in [3.05, 3.63) is 23.8 Å². The van der Waals surface area contributed by atoms with Crippen LogP contribution in [0.4, 0.5) is 0 Å². The zero-order valence-electron chi connectivity index (χ0n) is 11.5. The van der Waals surface area contributed by atoms with Crippen molar-refractivity contribution in [2.45, 2.75) is 20.4 Å². The van der Waals surface area contributed by atoms with E-state index >= 15 is 0 Å². The van der Waals surface area contributed by atoms with Crippen molar-refractivity contribution in [2.24, 2.45) is 0 Å². The normalized spacial score (nSPS) is 10.4.